The van der Waals surface area contributed by atoms with Crippen LogP contribution >= 0.6 is 11.3 Å². The van der Waals surface area contributed by atoms with E-state index in [4.69, 9.17) is 14.2 Å². The van der Waals surface area contributed by atoms with Crippen LogP contribution in [0.2, 0.25) is 0 Å². The van der Waals surface area contributed by atoms with Gasteiger partial charge in [-0.1, -0.05) is 0 Å². The van der Waals surface area contributed by atoms with E-state index >= 15 is 0 Å². The number of carbonyl (C=O) groups is 2. The summed E-state index contributed by atoms with van der Waals surface area (Å²) in [5.74, 6) is -0.239. The van der Waals surface area contributed by atoms with E-state index in [9.17, 15) is 9.59 Å². The zero-order chi connectivity index (χ0) is 19.4. The molecular formula is C20H26N2O5S. The van der Waals surface area contributed by atoms with Crippen molar-refractivity contribution in [1.82, 2.24) is 10.2 Å². The number of thiophene rings is 1. The number of hydrogen-bond donors (Lipinski definition) is 1. The van der Waals surface area contributed by atoms with Gasteiger partial charge in [-0.15, -0.1) is 11.3 Å². The molecule has 5 heterocycles. The summed E-state index contributed by atoms with van der Waals surface area (Å²) in [6, 6.07) is 2.06. The molecule has 0 aliphatic carbocycles. The fraction of sp³-hybridized carbons (Fsp3) is 0.700. The zero-order valence-corrected chi connectivity index (χ0v) is 16.9. The van der Waals surface area contributed by atoms with Crippen molar-refractivity contribution in [2.45, 2.75) is 24.9 Å². The molecule has 8 heteroatoms. The molecule has 3 fully saturated rings. The molecule has 7 nitrogen and oxygen atoms in total. The highest BCUT2D eigenvalue weighted by atomic mass is 32.1. The Bertz CT molecular complexity index is 803. The van der Waals surface area contributed by atoms with E-state index in [1.807, 2.05) is 4.90 Å². The van der Waals surface area contributed by atoms with Gasteiger partial charge in [0.15, 0.2) is 0 Å². The number of hydrogen-bond acceptors (Lipinski definition) is 7. The molecule has 0 bridgehead atoms. The Morgan fingerprint density at radius 1 is 1.36 bits per heavy atom. The quantitative estimate of drug-likeness (QED) is 0.743. The molecular weight excluding hydrogens is 380 g/mol. The van der Waals surface area contributed by atoms with E-state index in [-0.39, 0.29) is 23.4 Å². The average molecular weight is 407 g/mol. The Morgan fingerprint density at radius 3 is 2.96 bits per heavy atom. The number of esters is 1. The maximum absolute atomic E-state index is 13.3. The van der Waals surface area contributed by atoms with E-state index in [1.165, 1.54) is 17.6 Å². The van der Waals surface area contributed by atoms with Gasteiger partial charge in [-0.05, 0) is 44.0 Å². The first kappa shape index (κ1) is 18.5. The summed E-state index contributed by atoms with van der Waals surface area (Å²) in [6.45, 7) is 4.35. The molecule has 1 N–H and O–H groups in total. The summed E-state index contributed by atoms with van der Waals surface area (Å²) in [4.78, 5) is 29.5. The van der Waals surface area contributed by atoms with Crippen molar-refractivity contribution in [1.29, 1.82) is 0 Å². The Labute approximate surface area is 168 Å². The third kappa shape index (κ3) is 2.65. The number of rotatable bonds is 2. The molecule has 1 amide bonds. The molecule has 152 valence electrons. The van der Waals surface area contributed by atoms with Gasteiger partial charge in [-0.25, -0.2) is 0 Å². The minimum absolute atomic E-state index is 0.0116. The van der Waals surface area contributed by atoms with Crippen LogP contribution in [-0.4, -0.2) is 69.9 Å². The number of likely N-dealkylation sites (tertiary alicyclic amines) is 1. The number of ether oxygens (including phenoxy) is 3. The molecule has 4 aliphatic heterocycles. The first-order valence-corrected chi connectivity index (χ1v) is 10.8. The maximum atomic E-state index is 13.3. The van der Waals surface area contributed by atoms with Gasteiger partial charge in [0.1, 0.15) is 11.0 Å². The van der Waals surface area contributed by atoms with Gasteiger partial charge >= 0.3 is 5.97 Å². The molecule has 5 rings (SSSR count). The number of methoxy groups -OCH3 is 1. The van der Waals surface area contributed by atoms with Crippen molar-refractivity contribution >= 4 is 23.2 Å². The second-order valence-corrected chi connectivity index (χ2v) is 9.41. The highest BCUT2D eigenvalue weighted by Crippen LogP contribution is 2.46. The van der Waals surface area contributed by atoms with Crippen LogP contribution in [0.4, 0.5) is 0 Å². The fourth-order valence-electron chi connectivity index (χ4n) is 5.27. The standard InChI is InChI=1S/C20H26N2O5S/c1-25-18(24)19-11-22(9-14(19)10-26-12-19)17(23)15-8-13-2-7-27-20(16(13)28-15)3-5-21-6-4-20/h8,14,21H,2-7,9-12H2,1H3/t14-,19-/m0/s1. The summed E-state index contributed by atoms with van der Waals surface area (Å²) in [5.41, 5.74) is 0.317. The molecule has 1 aromatic heterocycles. The van der Waals surface area contributed by atoms with E-state index in [2.05, 4.69) is 11.4 Å². The third-order valence-corrected chi connectivity index (χ3v) is 8.20. The minimum Gasteiger partial charge on any atom is -0.468 e. The number of nitrogens with zero attached hydrogens (tertiary/aromatic N) is 1. The average Bonchev–Trinajstić information content (AvgIpc) is 3.40. The van der Waals surface area contributed by atoms with E-state index in [1.54, 1.807) is 11.3 Å². The normalized spacial score (nSPS) is 30.9. The summed E-state index contributed by atoms with van der Waals surface area (Å²) >= 11 is 1.59. The topological polar surface area (TPSA) is 77.1 Å². The molecule has 1 spiro atoms. The van der Waals surface area contributed by atoms with Crippen LogP contribution in [0.15, 0.2) is 6.07 Å². The first-order valence-electron chi connectivity index (χ1n) is 10.0. The number of fused-ring (bicyclic) bond motifs is 3. The van der Waals surface area contributed by atoms with Gasteiger partial charge in [0.25, 0.3) is 5.91 Å². The second kappa shape index (κ2) is 6.79. The monoisotopic (exact) mass is 406 g/mol. The SMILES string of the molecule is COC(=O)[C@@]12COC[C@@H]1CN(C(=O)c1cc3c(s1)C1(CCNCC1)OCC3)C2. The maximum Gasteiger partial charge on any atom is 0.316 e. The molecule has 4 aliphatic rings. The fourth-order valence-corrected chi connectivity index (χ4v) is 6.65. The molecule has 0 saturated carbocycles. The predicted octanol–water partition coefficient (Wildman–Crippen LogP) is 1.16. The smallest absolute Gasteiger partial charge is 0.316 e. The van der Waals surface area contributed by atoms with Gasteiger partial charge in [0.05, 0.1) is 31.8 Å². The van der Waals surface area contributed by atoms with E-state index in [0.717, 1.165) is 37.2 Å². The largest absolute Gasteiger partial charge is 0.468 e. The van der Waals surface area contributed by atoms with Gasteiger partial charge < -0.3 is 24.4 Å². The molecule has 0 unspecified atom stereocenters. The lowest BCUT2D eigenvalue weighted by Crippen LogP contribution is -2.44. The predicted molar refractivity (Wildman–Crippen MR) is 102 cm³/mol. The molecule has 28 heavy (non-hydrogen) atoms. The van der Waals surface area contributed by atoms with Gasteiger partial charge in [0.2, 0.25) is 0 Å². The van der Waals surface area contributed by atoms with Crippen molar-refractivity contribution in [3.63, 3.8) is 0 Å². The molecule has 1 aromatic rings. The van der Waals surface area contributed by atoms with Crippen LogP contribution in [0.1, 0.15) is 33.0 Å². The first-order chi connectivity index (χ1) is 13.6. The van der Waals surface area contributed by atoms with Crippen LogP contribution in [0.5, 0.6) is 0 Å². The van der Waals surface area contributed by atoms with Gasteiger partial charge in [-0.2, -0.15) is 0 Å². The Hall–Kier alpha value is -1.48. The summed E-state index contributed by atoms with van der Waals surface area (Å²) < 4.78 is 16.8. The van der Waals surface area contributed by atoms with Crippen LogP contribution in [0.3, 0.4) is 0 Å². The van der Waals surface area contributed by atoms with Crippen LogP contribution in [0, 0.1) is 11.3 Å². The molecule has 0 radical (unpaired) electrons. The van der Waals surface area contributed by atoms with Crippen molar-refractivity contribution in [3.05, 3.63) is 21.4 Å². The Morgan fingerprint density at radius 2 is 2.18 bits per heavy atom. The summed E-state index contributed by atoms with van der Waals surface area (Å²) in [6.07, 6.45) is 2.75. The second-order valence-electron chi connectivity index (χ2n) is 8.35. The Kier molecular flexibility index (Phi) is 4.50. The number of amides is 1. The van der Waals surface area contributed by atoms with Crippen LogP contribution < -0.4 is 5.32 Å². The molecule has 0 aromatic carbocycles. The lowest BCUT2D eigenvalue weighted by molar-refractivity contribution is -0.153. The summed E-state index contributed by atoms with van der Waals surface area (Å²) in [5, 5.41) is 3.40. The van der Waals surface area contributed by atoms with Crippen molar-refractivity contribution in [2.24, 2.45) is 11.3 Å². The van der Waals surface area contributed by atoms with Crippen LogP contribution in [0.25, 0.3) is 0 Å². The number of piperidine rings is 1. The van der Waals surface area contributed by atoms with Crippen molar-refractivity contribution in [3.8, 4) is 0 Å². The van der Waals surface area contributed by atoms with Crippen molar-refractivity contribution < 1.29 is 23.8 Å². The third-order valence-electron chi connectivity index (χ3n) is 6.85. The lowest BCUT2D eigenvalue weighted by Gasteiger charge is -2.40. The number of carbonyl (C=O) groups excluding carboxylic acids is 2. The highest BCUT2D eigenvalue weighted by Gasteiger charge is 2.58. The van der Waals surface area contributed by atoms with Crippen LogP contribution in [-0.2, 0) is 31.0 Å². The van der Waals surface area contributed by atoms with Gasteiger partial charge in [-0.3, -0.25) is 9.59 Å². The van der Waals surface area contributed by atoms with Gasteiger partial charge in [0, 0.05) is 23.9 Å². The van der Waals surface area contributed by atoms with E-state index in [0.29, 0.717) is 32.9 Å². The Balaban J connectivity index is 1.41. The molecule has 2 atom stereocenters. The summed E-state index contributed by atoms with van der Waals surface area (Å²) in [7, 11) is 1.41. The zero-order valence-electron chi connectivity index (χ0n) is 16.1. The highest BCUT2D eigenvalue weighted by molar-refractivity contribution is 7.14. The minimum atomic E-state index is -0.708. The van der Waals surface area contributed by atoms with Crippen molar-refractivity contribution in [2.75, 3.05) is 53.1 Å². The molecule has 3 saturated heterocycles. The lowest BCUT2D eigenvalue weighted by atomic mass is 9.81. The number of nitrogens with one attached hydrogen (secondary N) is 1. The van der Waals surface area contributed by atoms with E-state index < -0.39 is 5.41 Å².